The number of nitro groups is 1. The molecule has 0 amide bonds. The first-order valence-corrected chi connectivity index (χ1v) is 7.43. The Hall–Kier alpha value is -2.26. The van der Waals surface area contributed by atoms with Gasteiger partial charge in [0.2, 0.25) is 5.75 Å². The molecule has 0 fully saturated rings. The molecule has 1 aromatic carbocycles. The summed E-state index contributed by atoms with van der Waals surface area (Å²) in [5.41, 5.74) is -0.0746. The summed E-state index contributed by atoms with van der Waals surface area (Å²) >= 11 is 1.56. The van der Waals surface area contributed by atoms with Crippen molar-refractivity contribution in [2.45, 2.75) is 19.7 Å². The van der Waals surface area contributed by atoms with Crippen LogP contribution in [0.4, 0.5) is 14.5 Å². The number of halogens is 2. The first kappa shape index (κ1) is 17.1. The fraction of sp³-hybridized carbons (Fsp3) is 0.286. The molecule has 6 nitrogen and oxygen atoms in total. The molecule has 0 unspecified atom stereocenters. The van der Waals surface area contributed by atoms with E-state index >= 15 is 0 Å². The van der Waals surface area contributed by atoms with E-state index in [0.29, 0.717) is 12.1 Å². The first-order valence-electron chi connectivity index (χ1n) is 6.55. The molecule has 0 bridgehead atoms. The average molecular weight is 344 g/mol. The van der Waals surface area contributed by atoms with Crippen LogP contribution in [0.1, 0.15) is 10.4 Å². The predicted molar refractivity (Wildman–Crippen MR) is 81.1 cm³/mol. The number of nitro benzene ring substituents is 1. The smallest absolute Gasteiger partial charge is 0.387 e. The van der Waals surface area contributed by atoms with Crippen LogP contribution in [0.25, 0.3) is 0 Å². The monoisotopic (exact) mass is 344 g/mol. The Labute approximate surface area is 134 Å². The molecule has 9 heteroatoms. The molecular formula is C14H14F2N2O4S. The number of hydrogen-bond donors (Lipinski definition) is 1. The molecule has 2 rings (SSSR count). The van der Waals surface area contributed by atoms with E-state index in [4.69, 9.17) is 4.74 Å². The maximum absolute atomic E-state index is 12.6. The largest absolute Gasteiger partial charge is 0.488 e. The summed E-state index contributed by atoms with van der Waals surface area (Å²) in [4.78, 5) is 11.3. The van der Waals surface area contributed by atoms with Gasteiger partial charge in [0.05, 0.1) is 12.0 Å². The van der Waals surface area contributed by atoms with Crippen molar-refractivity contribution in [3.05, 3.63) is 50.2 Å². The number of hydrogen-bond acceptors (Lipinski definition) is 6. The molecule has 0 aliphatic rings. The third-order valence-electron chi connectivity index (χ3n) is 2.98. The van der Waals surface area contributed by atoms with Crippen molar-refractivity contribution in [2.75, 3.05) is 7.11 Å². The van der Waals surface area contributed by atoms with E-state index in [-0.39, 0.29) is 18.0 Å². The number of nitrogens with one attached hydrogen (secondary N) is 1. The average Bonchev–Trinajstić information content (AvgIpc) is 3.00. The highest BCUT2D eigenvalue weighted by Gasteiger charge is 2.25. The van der Waals surface area contributed by atoms with Gasteiger partial charge in [-0.3, -0.25) is 10.1 Å². The minimum Gasteiger partial charge on any atom is -0.488 e. The van der Waals surface area contributed by atoms with Gasteiger partial charge >= 0.3 is 12.3 Å². The fourth-order valence-electron chi connectivity index (χ4n) is 2.03. The Balaban J connectivity index is 2.24. The number of benzene rings is 1. The summed E-state index contributed by atoms with van der Waals surface area (Å²) < 4.78 is 34.6. The summed E-state index contributed by atoms with van der Waals surface area (Å²) in [7, 11) is 1.17. The van der Waals surface area contributed by atoms with Crippen LogP contribution in [0.5, 0.6) is 11.5 Å². The second-order valence-corrected chi connectivity index (χ2v) is 5.46. The van der Waals surface area contributed by atoms with Crippen LogP contribution in [0.15, 0.2) is 29.6 Å². The number of alkyl halides is 2. The van der Waals surface area contributed by atoms with Crippen LogP contribution < -0.4 is 14.8 Å². The molecular weight excluding hydrogens is 330 g/mol. The fourth-order valence-corrected chi connectivity index (χ4v) is 2.70. The van der Waals surface area contributed by atoms with Gasteiger partial charge in [-0.1, -0.05) is 6.07 Å². The second kappa shape index (κ2) is 7.84. The topological polar surface area (TPSA) is 73.6 Å². The summed E-state index contributed by atoms with van der Waals surface area (Å²) in [6.45, 7) is -2.36. The van der Waals surface area contributed by atoms with Gasteiger partial charge in [0.1, 0.15) is 0 Å². The molecule has 23 heavy (non-hydrogen) atoms. The Morgan fingerprint density at radius 2 is 2.09 bits per heavy atom. The normalized spacial score (nSPS) is 10.8. The lowest BCUT2D eigenvalue weighted by Gasteiger charge is -2.15. The molecule has 1 aromatic heterocycles. The van der Waals surface area contributed by atoms with Crippen LogP contribution in [0.2, 0.25) is 0 Å². The third kappa shape index (κ3) is 4.36. The van der Waals surface area contributed by atoms with Crippen LogP contribution in [0, 0.1) is 10.1 Å². The molecule has 0 saturated heterocycles. The zero-order valence-electron chi connectivity index (χ0n) is 12.1. The molecule has 0 aliphatic carbocycles. The van der Waals surface area contributed by atoms with Gasteiger partial charge in [0.15, 0.2) is 5.75 Å². The molecule has 1 heterocycles. The Bertz CT molecular complexity index is 665. The minimum atomic E-state index is -3.11. The van der Waals surface area contributed by atoms with Crippen molar-refractivity contribution >= 4 is 17.0 Å². The van der Waals surface area contributed by atoms with E-state index in [2.05, 4.69) is 10.1 Å². The lowest BCUT2D eigenvalue weighted by Crippen LogP contribution is -2.15. The standard InChI is InChI=1S/C14H14F2N2O4S/c1-21-13-11(18(19)20)5-4-9(12(13)22-14(15)16)7-17-8-10-3-2-6-23-10/h2-6,14,17H,7-8H2,1H3. The number of rotatable bonds is 8. The molecule has 2 aromatic rings. The van der Waals surface area contributed by atoms with Crippen molar-refractivity contribution < 1.29 is 23.2 Å². The summed E-state index contributed by atoms with van der Waals surface area (Å²) in [6, 6.07) is 6.42. The zero-order valence-corrected chi connectivity index (χ0v) is 12.9. The highest BCUT2D eigenvalue weighted by atomic mass is 32.1. The molecule has 1 N–H and O–H groups in total. The van der Waals surface area contributed by atoms with Gasteiger partial charge in [-0.25, -0.2) is 0 Å². The number of methoxy groups -OCH3 is 1. The third-order valence-corrected chi connectivity index (χ3v) is 3.85. The Morgan fingerprint density at radius 3 is 2.65 bits per heavy atom. The Kier molecular flexibility index (Phi) is 5.83. The first-order chi connectivity index (χ1) is 11.0. The van der Waals surface area contributed by atoms with E-state index in [1.54, 1.807) is 11.3 Å². The zero-order chi connectivity index (χ0) is 16.8. The number of thiophene rings is 1. The van der Waals surface area contributed by atoms with Crippen LogP contribution in [-0.4, -0.2) is 18.6 Å². The maximum Gasteiger partial charge on any atom is 0.387 e. The number of ether oxygens (including phenoxy) is 2. The summed E-state index contributed by atoms with van der Waals surface area (Å²) in [5.74, 6) is -0.638. The van der Waals surface area contributed by atoms with Gasteiger partial charge in [-0.15, -0.1) is 11.3 Å². The molecule has 0 atom stereocenters. The van der Waals surface area contributed by atoms with E-state index in [1.165, 1.54) is 19.2 Å². The van der Waals surface area contributed by atoms with E-state index < -0.39 is 17.2 Å². The lowest BCUT2D eigenvalue weighted by molar-refractivity contribution is -0.385. The van der Waals surface area contributed by atoms with E-state index in [1.807, 2.05) is 17.5 Å². The van der Waals surface area contributed by atoms with Crippen molar-refractivity contribution in [2.24, 2.45) is 0 Å². The van der Waals surface area contributed by atoms with Crippen molar-refractivity contribution in [1.29, 1.82) is 0 Å². The Morgan fingerprint density at radius 1 is 1.30 bits per heavy atom. The minimum absolute atomic E-state index is 0.203. The molecule has 124 valence electrons. The van der Waals surface area contributed by atoms with Gasteiger partial charge in [-0.2, -0.15) is 8.78 Å². The molecule has 0 saturated carbocycles. The SMILES string of the molecule is COc1c([N+](=O)[O-])ccc(CNCc2cccs2)c1OC(F)F. The maximum atomic E-state index is 12.6. The van der Waals surface area contributed by atoms with Crippen LogP contribution in [0.3, 0.4) is 0 Å². The lowest BCUT2D eigenvalue weighted by atomic mass is 10.1. The van der Waals surface area contributed by atoms with Crippen molar-refractivity contribution in [1.82, 2.24) is 5.32 Å². The van der Waals surface area contributed by atoms with Crippen molar-refractivity contribution in [3.8, 4) is 11.5 Å². The van der Waals surface area contributed by atoms with Gasteiger partial charge in [-0.05, 0) is 17.5 Å². The van der Waals surface area contributed by atoms with Gasteiger partial charge in [0, 0.05) is 29.6 Å². The molecule has 0 spiro atoms. The van der Waals surface area contributed by atoms with Crippen molar-refractivity contribution in [3.63, 3.8) is 0 Å². The molecule has 0 aliphatic heterocycles. The second-order valence-electron chi connectivity index (χ2n) is 4.42. The predicted octanol–water partition coefficient (Wildman–Crippen LogP) is 3.56. The highest BCUT2D eigenvalue weighted by Crippen LogP contribution is 2.40. The van der Waals surface area contributed by atoms with E-state index in [9.17, 15) is 18.9 Å². The van der Waals surface area contributed by atoms with Gasteiger partial charge in [0.25, 0.3) is 0 Å². The molecule has 0 radical (unpaired) electrons. The van der Waals surface area contributed by atoms with Gasteiger partial charge < -0.3 is 14.8 Å². The highest BCUT2D eigenvalue weighted by molar-refractivity contribution is 7.09. The van der Waals surface area contributed by atoms with Crippen LogP contribution in [-0.2, 0) is 13.1 Å². The summed E-state index contributed by atoms with van der Waals surface area (Å²) in [5, 5.41) is 16.0. The summed E-state index contributed by atoms with van der Waals surface area (Å²) in [6.07, 6.45) is 0. The van der Waals surface area contributed by atoms with Crippen LogP contribution >= 0.6 is 11.3 Å². The number of nitrogens with zero attached hydrogens (tertiary/aromatic N) is 1. The van der Waals surface area contributed by atoms with E-state index in [0.717, 1.165) is 4.88 Å². The quantitative estimate of drug-likeness (QED) is 0.585.